The van der Waals surface area contributed by atoms with Crippen molar-refractivity contribution in [3.63, 3.8) is 0 Å². The molecule has 1 aromatic rings. The van der Waals surface area contributed by atoms with Gasteiger partial charge in [-0.2, -0.15) is 4.98 Å². The van der Waals surface area contributed by atoms with Gasteiger partial charge in [-0.15, -0.1) is 0 Å². The SMILES string of the molecule is CNc1ncc(C)c(NCC2CCC2)n1. The first-order valence-electron chi connectivity index (χ1n) is 5.55. The summed E-state index contributed by atoms with van der Waals surface area (Å²) in [4.78, 5) is 8.54. The minimum Gasteiger partial charge on any atom is -0.369 e. The van der Waals surface area contributed by atoms with E-state index in [0.717, 1.165) is 23.8 Å². The highest BCUT2D eigenvalue weighted by Crippen LogP contribution is 2.26. The second kappa shape index (κ2) is 4.47. The van der Waals surface area contributed by atoms with E-state index in [0.29, 0.717) is 5.95 Å². The van der Waals surface area contributed by atoms with Crippen molar-refractivity contribution in [2.75, 3.05) is 24.2 Å². The van der Waals surface area contributed by atoms with Crippen LogP contribution in [0.15, 0.2) is 6.20 Å². The number of hydrogen-bond acceptors (Lipinski definition) is 4. The molecule has 0 saturated heterocycles. The molecule has 2 N–H and O–H groups in total. The van der Waals surface area contributed by atoms with E-state index in [1.54, 1.807) is 0 Å². The summed E-state index contributed by atoms with van der Waals surface area (Å²) >= 11 is 0. The zero-order chi connectivity index (χ0) is 10.7. The van der Waals surface area contributed by atoms with Crippen molar-refractivity contribution in [2.45, 2.75) is 26.2 Å². The molecule has 0 aliphatic heterocycles. The molecule has 0 spiro atoms. The minimum absolute atomic E-state index is 0.678. The molecule has 0 amide bonds. The van der Waals surface area contributed by atoms with Crippen LogP contribution in [-0.2, 0) is 0 Å². The highest BCUT2D eigenvalue weighted by atomic mass is 15.1. The molecule has 82 valence electrons. The van der Waals surface area contributed by atoms with Gasteiger partial charge >= 0.3 is 0 Å². The van der Waals surface area contributed by atoms with Gasteiger partial charge < -0.3 is 10.6 Å². The van der Waals surface area contributed by atoms with Gasteiger partial charge in [-0.05, 0) is 25.7 Å². The summed E-state index contributed by atoms with van der Waals surface area (Å²) in [7, 11) is 1.83. The van der Waals surface area contributed by atoms with Gasteiger partial charge in [-0.1, -0.05) is 6.42 Å². The van der Waals surface area contributed by atoms with Crippen molar-refractivity contribution in [3.05, 3.63) is 11.8 Å². The molecular formula is C11H18N4. The fourth-order valence-electron chi connectivity index (χ4n) is 1.68. The number of rotatable bonds is 4. The largest absolute Gasteiger partial charge is 0.369 e. The molecule has 0 bridgehead atoms. The maximum absolute atomic E-state index is 4.39. The lowest BCUT2D eigenvalue weighted by Crippen LogP contribution is -2.21. The monoisotopic (exact) mass is 206 g/mol. The second-order valence-electron chi connectivity index (χ2n) is 4.15. The van der Waals surface area contributed by atoms with Crippen LogP contribution in [0.2, 0.25) is 0 Å². The van der Waals surface area contributed by atoms with Gasteiger partial charge in [0.1, 0.15) is 5.82 Å². The van der Waals surface area contributed by atoms with Gasteiger partial charge in [0, 0.05) is 25.4 Å². The summed E-state index contributed by atoms with van der Waals surface area (Å²) in [5.74, 6) is 2.48. The molecule has 1 saturated carbocycles. The summed E-state index contributed by atoms with van der Waals surface area (Å²) in [5.41, 5.74) is 1.10. The van der Waals surface area contributed by atoms with Gasteiger partial charge in [0.2, 0.25) is 5.95 Å². The molecule has 1 aliphatic carbocycles. The molecule has 1 heterocycles. The van der Waals surface area contributed by atoms with E-state index in [-0.39, 0.29) is 0 Å². The van der Waals surface area contributed by atoms with Crippen molar-refractivity contribution in [1.29, 1.82) is 0 Å². The van der Waals surface area contributed by atoms with Crippen LogP contribution in [0.5, 0.6) is 0 Å². The second-order valence-corrected chi connectivity index (χ2v) is 4.15. The zero-order valence-corrected chi connectivity index (χ0v) is 9.38. The summed E-state index contributed by atoms with van der Waals surface area (Å²) in [6, 6.07) is 0. The van der Waals surface area contributed by atoms with Crippen molar-refractivity contribution < 1.29 is 0 Å². The molecule has 0 unspecified atom stereocenters. The topological polar surface area (TPSA) is 49.8 Å². The van der Waals surface area contributed by atoms with Gasteiger partial charge in [0.25, 0.3) is 0 Å². The lowest BCUT2D eigenvalue weighted by Gasteiger charge is -2.25. The number of hydrogen-bond donors (Lipinski definition) is 2. The number of anilines is 2. The highest BCUT2D eigenvalue weighted by Gasteiger charge is 2.17. The van der Waals surface area contributed by atoms with E-state index < -0.39 is 0 Å². The minimum atomic E-state index is 0.678. The van der Waals surface area contributed by atoms with Crippen molar-refractivity contribution >= 4 is 11.8 Å². The van der Waals surface area contributed by atoms with E-state index in [9.17, 15) is 0 Å². The van der Waals surface area contributed by atoms with Gasteiger partial charge in [-0.3, -0.25) is 0 Å². The number of aromatic nitrogens is 2. The normalized spacial score (nSPS) is 15.9. The Bertz CT molecular complexity index is 333. The van der Waals surface area contributed by atoms with Crippen LogP contribution in [0.3, 0.4) is 0 Å². The van der Waals surface area contributed by atoms with E-state index in [2.05, 4.69) is 20.6 Å². The number of aryl methyl sites for hydroxylation is 1. The predicted octanol–water partition coefficient (Wildman–Crippen LogP) is 2.04. The van der Waals surface area contributed by atoms with Crippen LogP contribution in [0.4, 0.5) is 11.8 Å². The van der Waals surface area contributed by atoms with Crippen LogP contribution in [-0.4, -0.2) is 23.6 Å². The third-order valence-electron chi connectivity index (χ3n) is 2.98. The Balaban J connectivity index is 1.98. The van der Waals surface area contributed by atoms with Crippen LogP contribution in [0, 0.1) is 12.8 Å². The van der Waals surface area contributed by atoms with E-state index in [1.165, 1.54) is 19.3 Å². The van der Waals surface area contributed by atoms with Crippen molar-refractivity contribution in [1.82, 2.24) is 9.97 Å². The Morgan fingerprint density at radius 3 is 2.87 bits per heavy atom. The smallest absolute Gasteiger partial charge is 0.224 e. The van der Waals surface area contributed by atoms with E-state index >= 15 is 0 Å². The first kappa shape index (κ1) is 10.2. The van der Waals surface area contributed by atoms with Crippen molar-refractivity contribution in [2.24, 2.45) is 5.92 Å². The Morgan fingerprint density at radius 1 is 1.47 bits per heavy atom. The standard InChI is InChI=1S/C11H18N4/c1-8-6-14-11(12-2)15-10(8)13-7-9-4-3-5-9/h6,9H,3-5,7H2,1-2H3,(H2,12,13,14,15). The summed E-state index contributed by atoms with van der Waals surface area (Å²) in [6.45, 7) is 3.07. The number of nitrogens with zero attached hydrogens (tertiary/aromatic N) is 2. The van der Waals surface area contributed by atoms with Crippen molar-refractivity contribution in [3.8, 4) is 0 Å². The van der Waals surface area contributed by atoms with Crippen LogP contribution < -0.4 is 10.6 Å². The molecule has 1 aromatic heterocycles. The molecule has 15 heavy (non-hydrogen) atoms. The maximum Gasteiger partial charge on any atom is 0.224 e. The zero-order valence-electron chi connectivity index (χ0n) is 9.38. The van der Waals surface area contributed by atoms with Gasteiger partial charge in [-0.25, -0.2) is 4.98 Å². The fraction of sp³-hybridized carbons (Fsp3) is 0.636. The summed E-state index contributed by atoms with van der Waals surface area (Å²) in [5, 5.41) is 6.35. The Kier molecular flexibility index (Phi) is 3.04. The summed E-state index contributed by atoms with van der Waals surface area (Å²) < 4.78 is 0. The molecule has 1 aliphatic rings. The van der Waals surface area contributed by atoms with Crippen LogP contribution in [0.25, 0.3) is 0 Å². The summed E-state index contributed by atoms with van der Waals surface area (Å²) in [6.07, 6.45) is 5.95. The van der Waals surface area contributed by atoms with E-state index in [1.807, 2.05) is 20.2 Å². The molecule has 0 atom stereocenters. The molecule has 2 rings (SSSR count). The molecule has 1 fully saturated rings. The number of nitrogens with one attached hydrogen (secondary N) is 2. The molecular weight excluding hydrogens is 188 g/mol. The molecule has 0 aromatic carbocycles. The Morgan fingerprint density at radius 2 is 2.27 bits per heavy atom. The van der Waals surface area contributed by atoms with Crippen LogP contribution >= 0.6 is 0 Å². The van der Waals surface area contributed by atoms with Gasteiger partial charge in [0.15, 0.2) is 0 Å². The predicted molar refractivity (Wildman–Crippen MR) is 62.1 cm³/mol. The highest BCUT2D eigenvalue weighted by molar-refractivity contribution is 5.46. The molecule has 4 nitrogen and oxygen atoms in total. The first-order valence-corrected chi connectivity index (χ1v) is 5.55. The van der Waals surface area contributed by atoms with Gasteiger partial charge in [0.05, 0.1) is 0 Å². The third-order valence-corrected chi connectivity index (χ3v) is 2.98. The Labute approximate surface area is 90.5 Å². The lowest BCUT2D eigenvalue weighted by molar-refractivity contribution is 0.333. The lowest BCUT2D eigenvalue weighted by atomic mass is 9.85. The quantitative estimate of drug-likeness (QED) is 0.791. The first-order chi connectivity index (χ1) is 7.29. The molecule has 4 heteroatoms. The Hall–Kier alpha value is -1.32. The third kappa shape index (κ3) is 2.37. The van der Waals surface area contributed by atoms with E-state index in [4.69, 9.17) is 0 Å². The fourth-order valence-corrected chi connectivity index (χ4v) is 1.68. The maximum atomic E-state index is 4.39. The van der Waals surface area contributed by atoms with Crippen LogP contribution in [0.1, 0.15) is 24.8 Å². The average molecular weight is 206 g/mol. The molecule has 0 radical (unpaired) electrons. The average Bonchev–Trinajstić information content (AvgIpc) is 2.18.